The zero-order valence-electron chi connectivity index (χ0n) is 37.9. The zero-order chi connectivity index (χ0) is 40.7. The van der Waals surface area contributed by atoms with Gasteiger partial charge in [-0.25, -0.2) is 0 Å². The highest BCUT2D eigenvalue weighted by molar-refractivity contribution is 5.76. The molecule has 0 saturated heterocycles. The number of carbonyl (C=O) groups is 1. The summed E-state index contributed by atoms with van der Waals surface area (Å²) >= 11 is 0. The van der Waals surface area contributed by atoms with Crippen LogP contribution in [0.3, 0.4) is 0 Å². The fraction of sp³-hybridized carbons (Fsp3) is 0.865. The second-order valence-electron chi connectivity index (χ2n) is 17.2. The smallest absolute Gasteiger partial charge is 0.220 e. The van der Waals surface area contributed by atoms with Gasteiger partial charge in [0.15, 0.2) is 0 Å². The first-order chi connectivity index (χ1) is 27.7. The van der Waals surface area contributed by atoms with E-state index in [1.54, 1.807) is 6.08 Å². The number of unbranched alkanes of at least 4 members (excludes halogenated alkanes) is 35. The standard InChI is InChI=1S/C52H99NO3/c1-3-5-7-9-11-13-15-17-19-21-23-24-25-26-27-28-30-31-33-35-37-39-41-43-45-47-51(55)50(49-54)53-52(56)48-46-44-42-40-38-36-34-32-29-22-20-18-16-14-12-10-8-6-4-2/h18,20,37,39,45,47,50-51,54-55H,3-17,19,21-36,38,40-44,46,48-49H2,1-2H3,(H,53,56)/b20-18-,39-37+,47-45+. The van der Waals surface area contributed by atoms with E-state index in [9.17, 15) is 15.0 Å². The molecular weight excluding hydrogens is 687 g/mol. The fourth-order valence-corrected chi connectivity index (χ4v) is 7.72. The lowest BCUT2D eigenvalue weighted by Crippen LogP contribution is -2.45. The van der Waals surface area contributed by atoms with Crippen LogP contribution in [0.5, 0.6) is 0 Å². The Balaban J connectivity index is 3.55. The lowest BCUT2D eigenvalue weighted by atomic mass is 10.0. The van der Waals surface area contributed by atoms with Crippen LogP contribution in [0.25, 0.3) is 0 Å². The van der Waals surface area contributed by atoms with E-state index in [1.807, 2.05) is 6.08 Å². The van der Waals surface area contributed by atoms with Gasteiger partial charge in [0.05, 0.1) is 18.8 Å². The van der Waals surface area contributed by atoms with Crippen LogP contribution in [0, 0.1) is 0 Å². The second-order valence-corrected chi connectivity index (χ2v) is 17.2. The Kier molecular flexibility index (Phi) is 46.8. The molecule has 0 radical (unpaired) electrons. The van der Waals surface area contributed by atoms with Crippen LogP contribution in [-0.4, -0.2) is 34.9 Å². The molecule has 0 rings (SSSR count). The van der Waals surface area contributed by atoms with E-state index in [0.717, 1.165) is 32.1 Å². The van der Waals surface area contributed by atoms with E-state index in [1.165, 1.54) is 218 Å². The molecule has 4 nitrogen and oxygen atoms in total. The van der Waals surface area contributed by atoms with Gasteiger partial charge in [-0.15, -0.1) is 0 Å². The first-order valence-corrected chi connectivity index (χ1v) is 25.2. The molecule has 0 aliphatic heterocycles. The SMILES string of the molecule is CCCCCCCC/C=C\CCCCCCCCCCCC(=O)NC(CO)C(O)/C=C/CC/C=C/CCCCCCCCCCCCCCCCCCCCC. The predicted octanol–water partition coefficient (Wildman–Crippen LogP) is 16.1. The average Bonchev–Trinajstić information content (AvgIpc) is 3.20. The summed E-state index contributed by atoms with van der Waals surface area (Å²) in [6, 6.07) is -0.639. The van der Waals surface area contributed by atoms with Gasteiger partial charge in [-0.1, -0.05) is 243 Å². The minimum absolute atomic E-state index is 0.0738. The third-order valence-electron chi connectivity index (χ3n) is 11.6. The van der Waals surface area contributed by atoms with Crippen molar-refractivity contribution in [1.29, 1.82) is 0 Å². The molecule has 0 aromatic heterocycles. The predicted molar refractivity (Wildman–Crippen MR) is 248 cm³/mol. The maximum absolute atomic E-state index is 12.4. The summed E-state index contributed by atoms with van der Waals surface area (Å²) in [5.41, 5.74) is 0. The summed E-state index contributed by atoms with van der Waals surface area (Å²) in [5.74, 6) is -0.0738. The molecule has 0 aromatic rings. The van der Waals surface area contributed by atoms with Gasteiger partial charge in [0.1, 0.15) is 0 Å². The number of rotatable bonds is 46. The molecule has 330 valence electrons. The van der Waals surface area contributed by atoms with E-state index in [-0.39, 0.29) is 12.5 Å². The number of nitrogens with one attached hydrogen (secondary N) is 1. The lowest BCUT2D eigenvalue weighted by molar-refractivity contribution is -0.123. The fourth-order valence-electron chi connectivity index (χ4n) is 7.72. The van der Waals surface area contributed by atoms with E-state index in [4.69, 9.17) is 0 Å². The van der Waals surface area contributed by atoms with E-state index < -0.39 is 12.1 Å². The summed E-state index contributed by atoms with van der Waals surface area (Å²) in [7, 11) is 0. The Morgan fingerprint density at radius 3 is 1.04 bits per heavy atom. The van der Waals surface area contributed by atoms with Crippen molar-refractivity contribution in [3.8, 4) is 0 Å². The molecule has 4 heteroatoms. The molecule has 3 N–H and O–H groups in total. The van der Waals surface area contributed by atoms with Crippen molar-refractivity contribution < 1.29 is 15.0 Å². The highest BCUT2D eigenvalue weighted by Crippen LogP contribution is 2.16. The van der Waals surface area contributed by atoms with Crippen LogP contribution in [0.4, 0.5) is 0 Å². The Hall–Kier alpha value is -1.39. The van der Waals surface area contributed by atoms with Crippen LogP contribution in [0.15, 0.2) is 36.5 Å². The molecule has 0 spiro atoms. The van der Waals surface area contributed by atoms with Gasteiger partial charge in [-0.05, 0) is 57.8 Å². The Morgan fingerprint density at radius 1 is 0.411 bits per heavy atom. The van der Waals surface area contributed by atoms with Crippen molar-refractivity contribution in [2.24, 2.45) is 0 Å². The number of hydrogen-bond donors (Lipinski definition) is 3. The molecule has 1 amide bonds. The normalized spacial score (nSPS) is 13.1. The van der Waals surface area contributed by atoms with Crippen LogP contribution >= 0.6 is 0 Å². The largest absolute Gasteiger partial charge is 0.394 e. The molecular formula is C52H99NO3. The van der Waals surface area contributed by atoms with Crippen LogP contribution in [-0.2, 0) is 4.79 Å². The molecule has 0 aromatic carbocycles. The number of allylic oxidation sites excluding steroid dienone is 5. The Bertz CT molecular complexity index is 851. The first kappa shape index (κ1) is 54.6. The highest BCUT2D eigenvalue weighted by atomic mass is 16.3. The minimum Gasteiger partial charge on any atom is -0.394 e. The van der Waals surface area contributed by atoms with Gasteiger partial charge in [0.25, 0.3) is 0 Å². The minimum atomic E-state index is -0.862. The lowest BCUT2D eigenvalue weighted by Gasteiger charge is -2.19. The van der Waals surface area contributed by atoms with Crippen LogP contribution in [0.1, 0.15) is 271 Å². The number of amides is 1. The van der Waals surface area contributed by atoms with Gasteiger partial charge in [0.2, 0.25) is 5.91 Å². The van der Waals surface area contributed by atoms with Crippen molar-refractivity contribution in [3.05, 3.63) is 36.5 Å². The van der Waals surface area contributed by atoms with Gasteiger partial charge in [-0.3, -0.25) is 4.79 Å². The van der Waals surface area contributed by atoms with Crippen molar-refractivity contribution in [1.82, 2.24) is 5.32 Å². The van der Waals surface area contributed by atoms with Crippen LogP contribution in [0.2, 0.25) is 0 Å². The summed E-state index contributed by atoms with van der Waals surface area (Å²) in [6.45, 7) is 4.31. The summed E-state index contributed by atoms with van der Waals surface area (Å²) in [4.78, 5) is 12.4. The maximum Gasteiger partial charge on any atom is 0.220 e. The number of aliphatic hydroxyl groups excluding tert-OH is 2. The molecule has 56 heavy (non-hydrogen) atoms. The molecule has 0 aliphatic carbocycles. The monoisotopic (exact) mass is 786 g/mol. The summed E-state index contributed by atoms with van der Waals surface area (Å²) < 4.78 is 0. The topological polar surface area (TPSA) is 69.6 Å². The third-order valence-corrected chi connectivity index (χ3v) is 11.6. The quantitative estimate of drug-likeness (QED) is 0.0425. The molecule has 0 bridgehead atoms. The molecule has 2 atom stereocenters. The van der Waals surface area contributed by atoms with Crippen molar-refractivity contribution >= 4 is 5.91 Å². The van der Waals surface area contributed by atoms with E-state index >= 15 is 0 Å². The third kappa shape index (κ3) is 43.7. The van der Waals surface area contributed by atoms with Crippen molar-refractivity contribution in [3.63, 3.8) is 0 Å². The molecule has 2 unspecified atom stereocenters. The second kappa shape index (κ2) is 48.0. The average molecular weight is 786 g/mol. The van der Waals surface area contributed by atoms with E-state index in [0.29, 0.717) is 6.42 Å². The molecule has 0 heterocycles. The van der Waals surface area contributed by atoms with Gasteiger partial charge >= 0.3 is 0 Å². The molecule has 0 saturated carbocycles. The van der Waals surface area contributed by atoms with Gasteiger partial charge in [0, 0.05) is 6.42 Å². The van der Waals surface area contributed by atoms with E-state index in [2.05, 4.69) is 43.5 Å². The first-order valence-electron chi connectivity index (χ1n) is 25.2. The van der Waals surface area contributed by atoms with Crippen molar-refractivity contribution in [2.75, 3.05) is 6.61 Å². The molecule has 0 aliphatic rings. The Morgan fingerprint density at radius 2 is 0.696 bits per heavy atom. The summed E-state index contributed by atoms with van der Waals surface area (Å²) in [5, 5.41) is 23.1. The number of aliphatic hydroxyl groups is 2. The van der Waals surface area contributed by atoms with Crippen LogP contribution < -0.4 is 5.32 Å². The summed E-state index contributed by atoms with van der Waals surface area (Å²) in [6.07, 6.45) is 64.2. The Labute approximate surface area is 351 Å². The number of hydrogen-bond acceptors (Lipinski definition) is 3. The molecule has 0 fully saturated rings. The van der Waals surface area contributed by atoms with Crippen molar-refractivity contribution in [2.45, 2.75) is 283 Å². The zero-order valence-corrected chi connectivity index (χ0v) is 37.9. The number of carbonyl (C=O) groups excluding carboxylic acids is 1. The van der Waals surface area contributed by atoms with Gasteiger partial charge < -0.3 is 15.5 Å². The highest BCUT2D eigenvalue weighted by Gasteiger charge is 2.17. The maximum atomic E-state index is 12.4. The van der Waals surface area contributed by atoms with Gasteiger partial charge in [-0.2, -0.15) is 0 Å².